The summed E-state index contributed by atoms with van der Waals surface area (Å²) < 4.78 is 5.48. The normalized spacial score (nSPS) is 28.5. The van der Waals surface area contributed by atoms with Crippen molar-refractivity contribution >= 4 is 35.6 Å². The highest BCUT2D eigenvalue weighted by molar-refractivity contribution is 6.43. The summed E-state index contributed by atoms with van der Waals surface area (Å²) >= 11 is 6.10. The number of nitrogens with one attached hydrogen (secondary N) is 1. The van der Waals surface area contributed by atoms with Gasteiger partial charge >= 0.3 is 7.12 Å². The molecule has 0 radical (unpaired) electrons. The maximum absolute atomic E-state index is 12.7. The molecular weight excluding hydrogens is 356 g/mol. The van der Waals surface area contributed by atoms with Crippen LogP contribution in [0.3, 0.4) is 0 Å². The zero-order valence-electron chi connectivity index (χ0n) is 14.1. The van der Waals surface area contributed by atoms with E-state index in [0.717, 1.165) is 23.8 Å². The average molecular weight is 378 g/mol. The fraction of sp³-hybridized carbons (Fsp3) is 0.500. The van der Waals surface area contributed by atoms with E-state index in [1.165, 1.54) is 6.26 Å². The van der Waals surface area contributed by atoms with Crippen LogP contribution in [0.1, 0.15) is 24.8 Å². The summed E-state index contributed by atoms with van der Waals surface area (Å²) in [5, 5.41) is 33.7. The van der Waals surface area contributed by atoms with Crippen LogP contribution in [0.15, 0.2) is 28.9 Å². The Morgan fingerprint density at radius 1 is 1.38 bits per heavy atom. The quantitative estimate of drug-likeness (QED) is 0.592. The van der Waals surface area contributed by atoms with Crippen molar-refractivity contribution in [3.05, 3.63) is 35.0 Å². The van der Waals surface area contributed by atoms with Gasteiger partial charge in [0.15, 0.2) is 5.58 Å². The van der Waals surface area contributed by atoms with Gasteiger partial charge in [0, 0.05) is 11.3 Å². The van der Waals surface area contributed by atoms with E-state index in [0.29, 0.717) is 17.0 Å². The van der Waals surface area contributed by atoms with Gasteiger partial charge in [0.1, 0.15) is 0 Å². The molecule has 1 heterocycles. The maximum Gasteiger partial charge on any atom is 0.475 e. The van der Waals surface area contributed by atoms with Crippen molar-refractivity contribution in [3.63, 3.8) is 0 Å². The Bertz CT molecular complexity index is 825. The van der Waals surface area contributed by atoms with Crippen LogP contribution in [-0.4, -0.2) is 40.2 Å². The van der Waals surface area contributed by atoms with Gasteiger partial charge in [0.2, 0.25) is 5.91 Å². The van der Waals surface area contributed by atoms with Gasteiger partial charge in [-0.2, -0.15) is 0 Å². The number of carbonyl (C=O) groups excluding carboxylic acids is 1. The smallest absolute Gasteiger partial charge is 0.462 e. The molecule has 0 aliphatic heterocycles. The van der Waals surface area contributed by atoms with Gasteiger partial charge in [-0.15, -0.1) is 0 Å². The molecule has 0 saturated heterocycles. The highest BCUT2D eigenvalue weighted by atomic mass is 35.5. The minimum atomic E-state index is -1.70. The molecule has 2 fully saturated rings. The number of benzene rings is 1. The number of aliphatic hydroxyl groups is 1. The van der Waals surface area contributed by atoms with Crippen molar-refractivity contribution in [2.24, 2.45) is 17.8 Å². The second-order valence-electron chi connectivity index (χ2n) is 7.44. The third-order valence-corrected chi connectivity index (χ3v) is 6.26. The largest absolute Gasteiger partial charge is 0.475 e. The van der Waals surface area contributed by atoms with Gasteiger partial charge in [0.05, 0.1) is 23.3 Å². The van der Waals surface area contributed by atoms with Gasteiger partial charge in [-0.3, -0.25) is 4.79 Å². The van der Waals surface area contributed by atoms with Crippen LogP contribution in [0.5, 0.6) is 0 Å². The van der Waals surface area contributed by atoms with E-state index in [1.807, 2.05) is 6.07 Å². The average Bonchev–Trinajstić information content (AvgIpc) is 3.28. The van der Waals surface area contributed by atoms with Crippen LogP contribution >= 0.6 is 11.6 Å². The van der Waals surface area contributed by atoms with Crippen LogP contribution in [0, 0.1) is 17.8 Å². The van der Waals surface area contributed by atoms with Crippen molar-refractivity contribution in [2.75, 3.05) is 0 Å². The third kappa shape index (κ3) is 3.03. The molecule has 4 N–H and O–H groups in total. The number of fused-ring (bicyclic) bond motifs is 3. The molecule has 1 aromatic heterocycles. The van der Waals surface area contributed by atoms with E-state index in [2.05, 4.69) is 5.32 Å². The second kappa shape index (κ2) is 6.89. The van der Waals surface area contributed by atoms with Crippen LogP contribution in [-0.2, 0) is 11.2 Å². The first-order valence-corrected chi connectivity index (χ1v) is 9.32. The van der Waals surface area contributed by atoms with Gasteiger partial charge in [-0.05, 0) is 49.1 Å². The van der Waals surface area contributed by atoms with Gasteiger partial charge in [-0.1, -0.05) is 23.7 Å². The monoisotopic (exact) mass is 377 g/mol. The zero-order valence-corrected chi connectivity index (χ0v) is 14.9. The molecule has 5 atom stereocenters. The van der Waals surface area contributed by atoms with Crippen molar-refractivity contribution in [3.8, 4) is 0 Å². The predicted octanol–water partition coefficient (Wildman–Crippen LogP) is 1.53. The Kier molecular flexibility index (Phi) is 4.73. The van der Waals surface area contributed by atoms with Crippen molar-refractivity contribution in [1.82, 2.24) is 5.32 Å². The topological polar surface area (TPSA) is 103 Å². The summed E-state index contributed by atoms with van der Waals surface area (Å²) in [5.41, 5.74) is 1.28. The van der Waals surface area contributed by atoms with Crippen LogP contribution in [0.4, 0.5) is 0 Å². The number of hydrogen-bond donors (Lipinski definition) is 4. The van der Waals surface area contributed by atoms with Crippen molar-refractivity contribution in [1.29, 1.82) is 0 Å². The lowest BCUT2D eigenvalue weighted by atomic mass is 9.75. The van der Waals surface area contributed by atoms with E-state index in [4.69, 9.17) is 16.0 Å². The summed E-state index contributed by atoms with van der Waals surface area (Å²) in [4.78, 5) is 12.7. The van der Waals surface area contributed by atoms with Crippen LogP contribution < -0.4 is 5.32 Å². The first kappa shape index (κ1) is 17.9. The number of amides is 1. The Morgan fingerprint density at radius 3 is 2.85 bits per heavy atom. The molecule has 2 bridgehead atoms. The molecule has 4 rings (SSSR count). The number of para-hydroxylation sites is 1. The van der Waals surface area contributed by atoms with Crippen LogP contribution in [0.25, 0.3) is 11.0 Å². The SMILES string of the molecule is O=C(N[C@@H](Cc1coc2c(Cl)cccc12)B(O)O)[C@H]1C[C@@H]2CCC1C2O. The molecule has 0 spiro atoms. The molecular formula is C18H21BClNO5. The Hall–Kier alpha value is -1.54. The standard InChI is InChI=1S/C18H21BClNO5/c20-14-3-1-2-11-10(8-26-17(11)14)7-15(19(24)25)21-18(23)13-6-9-4-5-12(13)16(9)22/h1-3,8-9,12-13,15-16,22,24-25H,4-7H2,(H,21,23)/t9-,12?,13-,15-,16?/m0/s1. The lowest BCUT2D eigenvalue weighted by Crippen LogP contribution is -2.50. The van der Waals surface area contributed by atoms with Gasteiger partial charge in [0.25, 0.3) is 0 Å². The molecule has 8 heteroatoms. The van der Waals surface area contributed by atoms with E-state index in [9.17, 15) is 19.9 Å². The lowest BCUT2D eigenvalue weighted by molar-refractivity contribution is -0.127. The Morgan fingerprint density at radius 2 is 2.19 bits per heavy atom. The molecule has 2 unspecified atom stereocenters. The van der Waals surface area contributed by atoms with Crippen LogP contribution in [0.2, 0.25) is 5.02 Å². The minimum Gasteiger partial charge on any atom is -0.462 e. The highest BCUT2D eigenvalue weighted by Gasteiger charge is 2.50. The molecule has 2 aliphatic rings. The summed E-state index contributed by atoms with van der Waals surface area (Å²) in [6, 6.07) is 5.36. The number of aliphatic hydroxyl groups excluding tert-OH is 1. The van der Waals surface area contributed by atoms with Gasteiger partial charge in [-0.25, -0.2) is 0 Å². The summed E-state index contributed by atoms with van der Waals surface area (Å²) in [7, 11) is -1.70. The van der Waals surface area contributed by atoms with E-state index in [1.54, 1.807) is 12.1 Å². The Balaban J connectivity index is 1.49. The third-order valence-electron chi connectivity index (χ3n) is 5.96. The predicted molar refractivity (Wildman–Crippen MR) is 97.4 cm³/mol. The number of rotatable bonds is 5. The second-order valence-corrected chi connectivity index (χ2v) is 7.85. The number of hydrogen-bond acceptors (Lipinski definition) is 5. The lowest BCUT2D eigenvalue weighted by Gasteiger charge is -2.24. The summed E-state index contributed by atoms with van der Waals surface area (Å²) in [6.45, 7) is 0. The van der Waals surface area contributed by atoms with E-state index < -0.39 is 19.2 Å². The summed E-state index contributed by atoms with van der Waals surface area (Å²) in [5.74, 6) is -1.18. The van der Waals surface area contributed by atoms with Gasteiger partial charge < -0.3 is 24.9 Å². The van der Waals surface area contributed by atoms with Crippen molar-refractivity contribution in [2.45, 2.75) is 37.7 Å². The van der Waals surface area contributed by atoms with Crippen molar-refractivity contribution < 1.29 is 24.4 Å². The first-order valence-electron chi connectivity index (χ1n) is 8.95. The number of halogens is 1. The molecule has 2 saturated carbocycles. The van der Waals surface area contributed by atoms with E-state index >= 15 is 0 Å². The molecule has 138 valence electrons. The number of furan rings is 1. The number of carbonyl (C=O) groups is 1. The molecule has 2 aliphatic carbocycles. The zero-order chi connectivity index (χ0) is 18.4. The molecule has 6 nitrogen and oxygen atoms in total. The molecule has 2 aromatic rings. The molecule has 1 aromatic carbocycles. The minimum absolute atomic E-state index is 0.0231. The first-order chi connectivity index (χ1) is 12.5. The fourth-order valence-electron chi connectivity index (χ4n) is 4.59. The summed E-state index contributed by atoms with van der Waals surface area (Å²) in [6.07, 6.45) is 3.79. The highest BCUT2D eigenvalue weighted by Crippen LogP contribution is 2.48. The van der Waals surface area contributed by atoms with E-state index in [-0.39, 0.29) is 30.1 Å². The maximum atomic E-state index is 12.7. The Labute approximate surface area is 156 Å². The fourth-order valence-corrected chi connectivity index (χ4v) is 4.81. The molecule has 1 amide bonds. The molecule has 26 heavy (non-hydrogen) atoms.